The topological polar surface area (TPSA) is 69.9 Å². The van der Waals surface area contributed by atoms with E-state index in [1.807, 2.05) is 0 Å². The minimum Gasteiger partial charge on any atom is -0.396 e. The van der Waals surface area contributed by atoms with Gasteiger partial charge in [0.1, 0.15) is 0 Å². The van der Waals surface area contributed by atoms with Crippen molar-refractivity contribution in [2.24, 2.45) is 11.3 Å². The van der Waals surface area contributed by atoms with Crippen LogP contribution in [0.3, 0.4) is 0 Å². The summed E-state index contributed by atoms with van der Waals surface area (Å²) in [5, 5.41) is 30.6. The van der Waals surface area contributed by atoms with E-state index in [0.717, 1.165) is 38.5 Å². The average Bonchev–Trinajstić information content (AvgIpc) is 2.85. The minimum absolute atomic E-state index is 0.123. The molecule has 0 saturated carbocycles. The Hall–Kier alpha value is -0.160. The standard InChI is InChI=1S/C29H60O4/c1-5-9-11-13-15-17-19-21-26(7-3)28(29(23-30,24-31)25-32)33-27(8-4)22-20-18-16-14-12-10-6-2/h26-28,30-32H,5-25H2,1-4H3. The zero-order valence-corrected chi connectivity index (χ0v) is 22.8. The fourth-order valence-electron chi connectivity index (χ4n) is 5.01. The number of unbranched alkanes of at least 4 members (excludes halogenated alkanes) is 12. The molecule has 3 unspecified atom stereocenters. The van der Waals surface area contributed by atoms with Crippen LogP contribution in [0.2, 0.25) is 0 Å². The predicted octanol–water partition coefficient (Wildman–Crippen LogP) is 7.42. The molecular formula is C29H60O4. The Morgan fingerprint density at radius 1 is 0.545 bits per heavy atom. The van der Waals surface area contributed by atoms with Crippen molar-refractivity contribution >= 4 is 0 Å². The largest absolute Gasteiger partial charge is 0.396 e. The zero-order valence-electron chi connectivity index (χ0n) is 22.8. The summed E-state index contributed by atoms with van der Waals surface area (Å²) in [5.41, 5.74) is -0.977. The van der Waals surface area contributed by atoms with Crippen molar-refractivity contribution in [3.05, 3.63) is 0 Å². The summed E-state index contributed by atoms with van der Waals surface area (Å²) in [6.45, 7) is 8.11. The highest BCUT2D eigenvalue weighted by Gasteiger charge is 2.43. The van der Waals surface area contributed by atoms with Crippen molar-refractivity contribution in [3.63, 3.8) is 0 Å². The molecule has 0 fully saturated rings. The van der Waals surface area contributed by atoms with Crippen molar-refractivity contribution in [2.75, 3.05) is 19.8 Å². The van der Waals surface area contributed by atoms with Gasteiger partial charge in [-0.2, -0.15) is 0 Å². The Morgan fingerprint density at radius 3 is 1.36 bits per heavy atom. The second-order valence-electron chi connectivity index (χ2n) is 10.4. The van der Waals surface area contributed by atoms with Crippen LogP contribution in [0.25, 0.3) is 0 Å². The molecule has 0 bridgehead atoms. The molecule has 0 radical (unpaired) electrons. The number of rotatable bonds is 25. The first-order valence-corrected chi connectivity index (χ1v) is 14.6. The van der Waals surface area contributed by atoms with Crippen LogP contribution < -0.4 is 0 Å². The molecule has 3 N–H and O–H groups in total. The molecule has 0 aliphatic carbocycles. The van der Waals surface area contributed by atoms with Gasteiger partial charge in [0.25, 0.3) is 0 Å². The summed E-state index contributed by atoms with van der Waals surface area (Å²) in [6, 6.07) is 0. The Bertz CT molecular complexity index is 389. The van der Waals surface area contributed by atoms with Crippen LogP contribution in [0.1, 0.15) is 143 Å². The van der Waals surface area contributed by atoms with E-state index >= 15 is 0 Å². The van der Waals surface area contributed by atoms with Crippen LogP contribution in [0.15, 0.2) is 0 Å². The molecular weight excluding hydrogens is 412 g/mol. The molecule has 33 heavy (non-hydrogen) atoms. The minimum atomic E-state index is -0.977. The summed E-state index contributed by atoms with van der Waals surface area (Å²) >= 11 is 0. The predicted molar refractivity (Wildman–Crippen MR) is 142 cm³/mol. The molecule has 0 aliphatic rings. The Labute approximate surface area is 206 Å². The van der Waals surface area contributed by atoms with Gasteiger partial charge in [0.05, 0.1) is 37.4 Å². The van der Waals surface area contributed by atoms with E-state index in [9.17, 15) is 15.3 Å². The molecule has 4 heteroatoms. The second-order valence-corrected chi connectivity index (χ2v) is 10.4. The van der Waals surface area contributed by atoms with Crippen LogP contribution in [-0.4, -0.2) is 47.3 Å². The van der Waals surface area contributed by atoms with Gasteiger partial charge < -0.3 is 20.1 Å². The summed E-state index contributed by atoms with van der Waals surface area (Å²) in [5.74, 6) is 0.246. The SMILES string of the molecule is CCCCCCCCCC(CC)OC(C(CC)CCCCCCCCC)C(CO)(CO)CO. The van der Waals surface area contributed by atoms with E-state index in [4.69, 9.17) is 4.74 Å². The van der Waals surface area contributed by atoms with Crippen LogP contribution in [0.5, 0.6) is 0 Å². The van der Waals surface area contributed by atoms with Gasteiger partial charge in [0.2, 0.25) is 0 Å². The second kappa shape index (κ2) is 22.3. The molecule has 0 aromatic heterocycles. The first-order valence-electron chi connectivity index (χ1n) is 14.6. The van der Waals surface area contributed by atoms with E-state index in [1.54, 1.807) is 0 Å². The Morgan fingerprint density at radius 2 is 0.970 bits per heavy atom. The van der Waals surface area contributed by atoms with Gasteiger partial charge in [-0.15, -0.1) is 0 Å². The highest BCUT2D eigenvalue weighted by Crippen LogP contribution is 2.35. The number of aliphatic hydroxyl groups excluding tert-OH is 3. The van der Waals surface area contributed by atoms with E-state index in [2.05, 4.69) is 27.7 Å². The van der Waals surface area contributed by atoms with Crippen molar-refractivity contribution in [1.82, 2.24) is 0 Å². The molecule has 0 aromatic rings. The third-order valence-corrected chi connectivity index (χ3v) is 7.60. The highest BCUT2D eigenvalue weighted by atomic mass is 16.5. The van der Waals surface area contributed by atoms with Crippen molar-refractivity contribution in [2.45, 2.75) is 155 Å². The third kappa shape index (κ3) is 14.1. The molecule has 0 aromatic carbocycles. The van der Waals surface area contributed by atoms with Crippen molar-refractivity contribution in [1.29, 1.82) is 0 Å². The fourth-order valence-corrected chi connectivity index (χ4v) is 5.01. The number of ether oxygens (including phenoxy) is 1. The maximum absolute atomic E-state index is 10.2. The maximum atomic E-state index is 10.2. The fraction of sp³-hybridized carbons (Fsp3) is 1.00. The first-order chi connectivity index (χ1) is 16.1. The lowest BCUT2D eigenvalue weighted by molar-refractivity contribution is -0.163. The number of aliphatic hydroxyl groups is 3. The summed E-state index contributed by atoms with van der Waals surface area (Å²) in [7, 11) is 0. The third-order valence-electron chi connectivity index (χ3n) is 7.60. The van der Waals surface area contributed by atoms with Gasteiger partial charge >= 0.3 is 0 Å². The van der Waals surface area contributed by atoms with E-state index in [-0.39, 0.29) is 37.9 Å². The lowest BCUT2D eigenvalue weighted by atomic mass is 9.75. The molecule has 3 atom stereocenters. The average molecular weight is 473 g/mol. The van der Waals surface area contributed by atoms with Crippen LogP contribution in [0, 0.1) is 11.3 Å². The zero-order chi connectivity index (χ0) is 24.8. The lowest BCUT2D eigenvalue weighted by Gasteiger charge is -2.42. The van der Waals surface area contributed by atoms with Crippen molar-refractivity contribution in [3.8, 4) is 0 Å². The maximum Gasteiger partial charge on any atom is 0.0729 e. The van der Waals surface area contributed by atoms with Gasteiger partial charge in [-0.25, -0.2) is 0 Å². The molecule has 0 saturated heterocycles. The number of hydrogen-bond donors (Lipinski definition) is 3. The molecule has 200 valence electrons. The van der Waals surface area contributed by atoms with Gasteiger partial charge in [0.15, 0.2) is 0 Å². The van der Waals surface area contributed by atoms with E-state index < -0.39 is 5.41 Å². The molecule has 0 aliphatic heterocycles. The smallest absolute Gasteiger partial charge is 0.0729 e. The highest BCUT2D eigenvalue weighted by molar-refractivity contribution is 4.91. The van der Waals surface area contributed by atoms with Gasteiger partial charge in [-0.05, 0) is 25.2 Å². The molecule has 0 amide bonds. The van der Waals surface area contributed by atoms with Gasteiger partial charge in [-0.3, -0.25) is 0 Å². The van der Waals surface area contributed by atoms with E-state index in [0.29, 0.717) is 0 Å². The Balaban J connectivity index is 4.90. The van der Waals surface area contributed by atoms with E-state index in [1.165, 1.54) is 77.0 Å². The molecule has 0 spiro atoms. The lowest BCUT2D eigenvalue weighted by Crippen LogP contribution is -2.51. The van der Waals surface area contributed by atoms with Crippen LogP contribution in [0.4, 0.5) is 0 Å². The summed E-state index contributed by atoms with van der Waals surface area (Å²) < 4.78 is 6.67. The molecule has 0 heterocycles. The molecule has 4 nitrogen and oxygen atoms in total. The molecule has 0 rings (SSSR count). The van der Waals surface area contributed by atoms with Crippen LogP contribution >= 0.6 is 0 Å². The van der Waals surface area contributed by atoms with Crippen LogP contribution in [-0.2, 0) is 4.74 Å². The van der Waals surface area contributed by atoms with Gasteiger partial charge in [-0.1, -0.05) is 124 Å². The quantitative estimate of drug-likeness (QED) is 0.121. The monoisotopic (exact) mass is 472 g/mol. The first kappa shape index (κ1) is 32.8. The summed E-state index contributed by atoms with van der Waals surface area (Å²) in [4.78, 5) is 0. The normalized spacial score (nSPS) is 15.0. The van der Waals surface area contributed by atoms with Gasteiger partial charge in [0, 0.05) is 0 Å². The van der Waals surface area contributed by atoms with Crippen molar-refractivity contribution < 1.29 is 20.1 Å². The number of hydrogen-bond acceptors (Lipinski definition) is 4. The summed E-state index contributed by atoms with van der Waals surface area (Å²) in [6.07, 6.45) is 21.6. The Kier molecular flexibility index (Phi) is 22.2.